The summed E-state index contributed by atoms with van der Waals surface area (Å²) in [5, 5.41) is 3.27. The van der Waals surface area contributed by atoms with Gasteiger partial charge >= 0.3 is 0 Å². The van der Waals surface area contributed by atoms with Crippen molar-refractivity contribution in [3.05, 3.63) is 35.1 Å². The monoisotopic (exact) mass is 219 g/mol. The minimum atomic E-state index is -0.159. The second-order valence-corrected chi connectivity index (χ2v) is 3.99. The molecule has 0 aliphatic rings. The maximum absolute atomic E-state index is 13.4. The van der Waals surface area contributed by atoms with Gasteiger partial charge in [-0.25, -0.2) is 4.39 Å². The van der Waals surface area contributed by atoms with Crippen molar-refractivity contribution in [1.82, 2.24) is 5.32 Å². The van der Waals surface area contributed by atoms with Crippen molar-refractivity contribution in [2.75, 3.05) is 0 Å². The maximum atomic E-state index is 13.4. The van der Waals surface area contributed by atoms with E-state index in [1.54, 1.807) is 6.07 Å². The molecular weight excluding hydrogens is 201 g/mol. The zero-order valence-electron chi connectivity index (χ0n) is 9.89. The molecule has 16 heavy (non-hydrogen) atoms. The van der Waals surface area contributed by atoms with Crippen molar-refractivity contribution >= 4 is 0 Å². The number of halogens is 1. The Kier molecular flexibility index (Phi) is 5.01. The van der Waals surface area contributed by atoms with Gasteiger partial charge in [0.15, 0.2) is 0 Å². The van der Waals surface area contributed by atoms with Gasteiger partial charge in [-0.3, -0.25) is 0 Å². The first-order chi connectivity index (χ1) is 7.67. The fourth-order valence-corrected chi connectivity index (χ4v) is 1.60. The molecule has 0 saturated carbocycles. The number of hydrogen-bond donors (Lipinski definition) is 1. The maximum Gasteiger partial charge on any atom is 0.127 e. The van der Waals surface area contributed by atoms with E-state index in [9.17, 15) is 4.39 Å². The Labute approximate surface area is 97.1 Å². The van der Waals surface area contributed by atoms with Crippen LogP contribution in [-0.2, 0) is 6.54 Å². The van der Waals surface area contributed by atoms with E-state index in [2.05, 4.69) is 18.2 Å². The standard InChI is InChI=1S/C14H18FN/c1-4-6-13(5-2)16-10-12-9-11(3)7-8-14(12)15/h1,7-9,13,16H,5-6,10H2,2-3H3. The van der Waals surface area contributed by atoms with Crippen molar-refractivity contribution in [3.8, 4) is 12.3 Å². The second kappa shape index (κ2) is 6.30. The van der Waals surface area contributed by atoms with Crippen LogP contribution in [0.4, 0.5) is 4.39 Å². The fraction of sp³-hybridized carbons (Fsp3) is 0.429. The van der Waals surface area contributed by atoms with Crippen LogP contribution >= 0.6 is 0 Å². The first-order valence-corrected chi connectivity index (χ1v) is 5.59. The Hall–Kier alpha value is -1.33. The van der Waals surface area contributed by atoms with Crippen molar-refractivity contribution in [2.24, 2.45) is 0 Å². The third-order valence-electron chi connectivity index (χ3n) is 2.64. The van der Waals surface area contributed by atoms with E-state index < -0.39 is 0 Å². The molecule has 0 radical (unpaired) electrons. The summed E-state index contributed by atoms with van der Waals surface area (Å²) in [6.45, 7) is 4.57. The molecule has 1 aromatic rings. The lowest BCUT2D eigenvalue weighted by atomic mass is 10.1. The molecule has 0 fully saturated rings. The largest absolute Gasteiger partial charge is 0.309 e. The van der Waals surface area contributed by atoms with Crippen LogP contribution in [0.15, 0.2) is 18.2 Å². The van der Waals surface area contributed by atoms with Gasteiger partial charge in [-0.05, 0) is 19.4 Å². The highest BCUT2D eigenvalue weighted by Crippen LogP contribution is 2.10. The van der Waals surface area contributed by atoms with Gasteiger partial charge in [0.25, 0.3) is 0 Å². The van der Waals surface area contributed by atoms with Gasteiger partial charge in [-0.1, -0.05) is 24.6 Å². The molecule has 0 spiro atoms. The molecule has 1 unspecified atom stereocenters. The van der Waals surface area contributed by atoms with E-state index in [0.717, 1.165) is 12.0 Å². The molecule has 0 saturated heterocycles. The highest BCUT2D eigenvalue weighted by Gasteiger charge is 2.06. The van der Waals surface area contributed by atoms with Gasteiger partial charge in [-0.15, -0.1) is 12.3 Å². The van der Waals surface area contributed by atoms with E-state index in [1.807, 2.05) is 13.0 Å². The topological polar surface area (TPSA) is 12.0 Å². The third kappa shape index (κ3) is 3.67. The number of rotatable bonds is 5. The number of benzene rings is 1. The van der Waals surface area contributed by atoms with E-state index >= 15 is 0 Å². The Morgan fingerprint density at radius 3 is 2.88 bits per heavy atom. The molecule has 0 bridgehead atoms. The van der Waals surface area contributed by atoms with Gasteiger partial charge in [0.2, 0.25) is 0 Å². The van der Waals surface area contributed by atoms with Gasteiger partial charge in [0.1, 0.15) is 5.82 Å². The summed E-state index contributed by atoms with van der Waals surface area (Å²) in [5.41, 5.74) is 1.78. The summed E-state index contributed by atoms with van der Waals surface area (Å²) in [6.07, 6.45) is 6.90. The van der Waals surface area contributed by atoms with Crippen LogP contribution in [0.3, 0.4) is 0 Å². The molecule has 0 aromatic heterocycles. The van der Waals surface area contributed by atoms with Crippen LogP contribution in [0.1, 0.15) is 30.9 Å². The van der Waals surface area contributed by atoms with Crippen molar-refractivity contribution in [2.45, 2.75) is 39.3 Å². The molecule has 0 amide bonds. The van der Waals surface area contributed by atoms with E-state index in [-0.39, 0.29) is 11.9 Å². The predicted octanol–water partition coefficient (Wildman–Crippen LogP) is 3.03. The molecular formula is C14H18FN. The average Bonchev–Trinajstić information content (AvgIpc) is 2.28. The minimum Gasteiger partial charge on any atom is -0.309 e. The summed E-state index contributed by atoms with van der Waals surface area (Å²) in [4.78, 5) is 0. The molecule has 1 nitrogen and oxygen atoms in total. The highest BCUT2D eigenvalue weighted by molar-refractivity contribution is 5.23. The molecule has 86 valence electrons. The Balaban J connectivity index is 2.60. The Morgan fingerprint density at radius 2 is 2.25 bits per heavy atom. The van der Waals surface area contributed by atoms with E-state index in [0.29, 0.717) is 18.5 Å². The van der Waals surface area contributed by atoms with Crippen molar-refractivity contribution in [1.29, 1.82) is 0 Å². The van der Waals surface area contributed by atoms with Crippen LogP contribution in [0, 0.1) is 25.1 Å². The SMILES string of the molecule is C#CCC(CC)NCc1cc(C)ccc1F. The molecule has 0 aliphatic heterocycles. The highest BCUT2D eigenvalue weighted by atomic mass is 19.1. The van der Waals surface area contributed by atoms with Gasteiger partial charge < -0.3 is 5.32 Å². The lowest BCUT2D eigenvalue weighted by Crippen LogP contribution is -2.27. The number of aryl methyl sites for hydroxylation is 1. The lowest BCUT2D eigenvalue weighted by Gasteiger charge is -2.14. The number of hydrogen-bond acceptors (Lipinski definition) is 1. The number of nitrogens with one attached hydrogen (secondary N) is 1. The summed E-state index contributed by atoms with van der Waals surface area (Å²) in [5.74, 6) is 2.47. The van der Waals surface area contributed by atoms with Crippen LogP contribution in [-0.4, -0.2) is 6.04 Å². The van der Waals surface area contributed by atoms with Crippen molar-refractivity contribution < 1.29 is 4.39 Å². The van der Waals surface area contributed by atoms with Gasteiger partial charge in [-0.2, -0.15) is 0 Å². The molecule has 1 N–H and O–H groups in total. The second-order valence-electron chi connectivity index (χ2n) is 3.99. The lowest BCUT2D eigenvalue weighted by molar-refractivity contribution is 0.494. The first kappa shape index (κ1) is 12.7. The molecule has 2 heteroatoms. The molecule has 0 aliphatic carbocycles. The Bertz CT molecular complexity index is 379. The normalized spacial score (nSPS) is 12.1. The first-order valence-electron chi connectivity index (χ1n) is 5.59. The average molecular weight is 219 g/mol. The van der Waals surface area contributed by atoms with Gasteiger partial charge in [0.05, 0.1) is 0 Å². The molecule has 1 rings (SSSR count). The quantitative estimate of drug-likeness (QED) is 0.751. The zero-order chi connectivity index (χ0) is 12.0. The molecule has 1 atom stereocenters. The van der Waals surface area contributed by atoms with E-state index in [4.69, 9.17) is 6.42 Å². The van der Waals surface area contributed by atoms with Crippen LogP contribution in [0.5, 0.6) is 0 Å². The fourth-order valence-electron chi connectivity index (χ4n) is 1.60. The van der Waals surface area contributed by atoms with Crippen molar-refractivity contribution in [3.63, 3.8) is 0 Å². The third-order valence-corrected chi connectivity index (χ3v) is 2.64. The summed E-state index contributed by atoms with van der Waals surface area (Å²) >= 11 is 0. The molecule has 1 aromatic carbocycles. The van der Waals surface area contributed by atoms with Crippen LogP contribution < -0.4 is 5.32 Å². The summed E-state index contributed by atoms with van der Waals surface area (Å²) in [6, 6.07) is 5.42. The minimum absolute atomic E-state index is 0.159. The van der Waals surface area contributed by atoms with Crippen LogP contribution in [0.2, 0.25) is 0 Å². The summed E-state index contributed by atoms with van der Waals surface area (Å²) in [7, 11) is 0. The van der Waals surface area contributed by atoms with Crippen LogP contribution in [0.25, 0.3) is 0 Å². The van der Waals surface area contributed by atoms with Gasteiger partial charge in [0, 0.05) is 24.6 Å². The summed E-state index contributed by atoms with van der Waals surface area (Å²) < 4.78 is 13.4. The smallest absolute Gasteiger partial charge is 0.127 e. The Morgan fingerprint density at radius 1 is 1.50 bits per heavy atom. The molecule has 0 heterocycles. The predicted molar refractivity (Wildman–Crippen MR) is 65.5 cm³/mol. The zero-order valence-corrected chi connectivity index (χ0v) is 9.89. The van der Waals surface area contributed by atoms with E-state index in [1.165, 1.54) is 6.07 Å². The number of terminal acetylenes is 1.